The first-order valence-corrected chi connectivity index (χ1v) is 28.6. The normalized spacial score (nSPS) is 12.6. The molecule has 0 aliphatic rings. The fourth-order valence-corrected chi connectivity index (χ4v) is 13.9. The molecule has 6 aromatic rings. The lowest BCUT2D eigenvalue weighted by Crippen LogP contribution is -2.14. The van der Waals surface area contributed by atoms with Gasteiger partial charge in [0.2, 0.25) is 0 Å². The molecule has 3 radical (unpaired) electrons. The molecule has 0 fully saturated rings. The maximum absolute atomic E-state index is 12.1. The van der Waals surface area contributed by atoms with Crippen LogP contribution in [-0.2, 0) is 30.4 Å². The van der Waals surface area contributed by atoms with Crippen LogP contribution in [0.15, 0.2) is 87.5 Å². The smallest absolute Gasteiger partial charge is 0.125 e. The van der Waals surface area contributed by atoms with Gasteiger partial charge in [-0.25, -0.2) is 25.3 Å². The zero-order valence-electron chi connectivity index (χ0n) is 44.6. The highest BCUT2D eigenvalue weighted by Gasteiger charge is 2.30. The zero-order valence-corrected chi connectivity index (χ0v) is 48.2. The minimum Gasteiger partial charge on any atom is -0.744 e. The van der Waals surface area contributed by atoms with Crippen molar-refractivity contribution in [1.82, 2.24) is 0 Å². The Labute approximate surface area is 431 Å². The number of hydrogen-bond acceptors (Lipinski definition) is 9. The Balaban J connectivity index is 0.000000276. The van der Waals surface area contributed by atoms with Crippen molar-refractivity contribution in [3.8, 4) is 0 Å². The van der Waals surface area contributed by atoms with Crippen LogP contribution in [0.1, 0.15) is 228 Å². The number of hydrogen-bond donors (Lipinski definition) is 0. The molecule has 0 heterocycles. The SMILES string of the molecule is CC(C)c1c(C(C)C)c(S(=O)(=O)[O-])c2ccccc2c1C(C)C.CC(C)c1c(C(C)C)c(S(=O)(=O)[O-])c2ccccc2c1C(C)C.CC(C)c1c(C(C)C)c(S(=O)(=O)[O-])c2ccccc2c1C(C)C.[Al]. The van der Waals surface area contributed by atoms with E-state index >= 15 is 0 Å². The van der Waals surface area contributed by atoms with Crippen LogP contribution in [0, 0.1) is 0 Å². The van der Waals surface area contributed by atoms with Gasteiger partial charge in [-0.05, 0) is 136 Å². The lowest BCUT2D eigenvalue weighted by Gasteiger charge is -2.29. The molecule has 6 aromatic carbocycles. The van der Waals surface area contributed by atoms with E-state index in [0.29, 0.717) is 32.8 Å². The molecule has 6 rings (SSSR count). The minimum atomic E-state index is -4.55. The van der Waals surface area contributed by atoms with E-state index in [2.05, 4.69) is 83.1 Å². The van der Waals surface area contributed by atoms with Gasteiger partial charge in [-0.2, -0.15) is 0 Å². The molecule has 0 spiro atoms. The summed E-state index contributed by atoms with van der Waals surface area (Å²) in [5, 5.41) is 4.30. The van der Waals surface area contributed by atoms with Gasteiger partial charge in [-0.15, -0.1) is 0 Å². The summed E-state index contributed by atoms with van der Waals surface area (Å²) in [5.41, 5.74) is 8.60. The second kappa shape index (κ2) is 23.5. The predicted octanol–water partition coefficient (Wildman–Crippen LogP) is 15.0. The summed E-state index contributed by atoms with van der Waals surface area (Å²) < 4.78 is 109. The Bertz CT molecular complexity index is 2840. The van der Waals surface area contributed by atoms with Crippen molar-refractivity contribution in [2.75, 3.05) is 0 Å². The van der Waals surface area contributed by atoms with Crippen molar-refractivity contribution >= 4 is 80.0 Å². The molecular weight excluding hydrogens is 952 g/mol. The summed E-state index contributed by atoms with van der Waals surface area (Å²) in [4.78, 5) is -0.0939. The molecule has 0 bridgehead atoms. The largest absolute Gasteiger partial charge is 0.744 e. The molecule has 9 nitrogen and oxygen atoms in total. The van der Waals surface area contributed by atoms with Crippen molar-refractivity contribution < 1.29 is 38.9 Å². The summed E-state index contributed by atoms with van der Waals surface area (Å²) in [6, 6.07) is 22.1. The third-order valence-electron chi connectivity index (χ3n) is 12.8. The van der Waals surface area contributed by atoms with E-state index in [1.54, 1.807) is 36.4 Å². The Morgan fingerprint density at radius 1 is 0.257 bits per heavy atom. The first kappa shape index (κ1) is 60.7. The van der Waals surface area contributed by atoms with Crippen LogP contribution in [-0.4, -0.2) is 56.3 Å². The van der Waals surface area contributed by atoms with Crippen LogP contribution in [0.3, 0.4) is 0 Å². The molecule has 0 aromatic heterocycles. The average Bonchev–Trinajstić information content (AvgIpc) is 3.22. The summed E-state index contributed by atoms with van der Waals surface area (Å²) in [6.07, 6.45) is 0. The molecule has 0 saturated heterocycles. The monoisotopic (exact) mass is 1030 g/mol. The highest BCUT2D eigenvalue weighted by molar-refractivity contribution is 7.86. The standard InChI is InChI=1S/3C19H26O3S.Al/c3*1-11(2)16-14-9-7-8-10-15(14)19(23(20,21)22)18(13(5)6)17(16)12(3)4;/h3*7-13H,1-6H3,(H,20,21,22);/p-3. The molecule has 13 heteroatoms. The average molecular weight is 1030 g/mol. The molecular formula is C57H75AlO9S3-3. The Morgan fingerprint density at radius 2 is 0.400 bits per heavy atom. The first-order valence-electron chi connectivity index (χ1n) is 24.3. The lowest BCUT2D eigenvalue weighted by atomic mass is 9.80. The molecule has 0 N–H and O–H groups in total. The van der Waals surface area contributed by atoms with Crippen molar-refractivity contribution in [2.45, 2.75) is 193 Å². The quantitative estimate of drug-likeness (QED) is 0.0854. The molecule has 0 aliphatic heterocycles. The lowest BCUT2D eigenvalue weighted by molar-refractivity contribution is 0.460. The van der Waals surface area contributed by atoms with Gasteiger partial charge in [-0.3, -0.25) is 0 Å². The number of rotatable bonds is 12. The van der Waals surface area contributed by atoms with E-state index in [0.717, 1.165) is 49.5 Å². The summed E-state index contributed by atoms with van der Waals surface area (Å²) in [7, 11) is -13.7. The first-order chi connectivity index (χ1) is 31.7. The topological polar surface area (TPSA) is 172 Å². The van der Waals surface area contributed by atoms with E-state index < -0.39 is 30.4 Å². The van der Waals surface area contributed by atoms with Gasteiger partial charge >= 0.3 is 0 Å². The minimum absolute atomic E-state index is 0. The maximum Gasteiger partial charge on any atom is 0.125 e. The van der Waals surface area contributed by atoms with Gasteiger partial charge in [-0.1, -0.05) is 197 Å². The second-order valence-corrected chi connectivity index (χ2v) is 25.1. The van der Waals surface area contributed by atoms with Gasteiger partial charge in [0.15, 0.2) is 0 Å². The molecule has 70 heavy (non-hydrogen) atoms. The van der Waals surface area contributed by atoms with E-state index in [-0.39, 0.29) is 85.3 Å². The Kier molecular flexibility index (Phi) is 20.4. The third-order valence-corrected chi connectivity index (χ3v) is 15.6. The van der Waals surface area contributed by atoms with Gasteiger partial charge in [0.25, 0.3) is 0 Å². The fraction of sp³-hybridized carbons (Fsp3) is 0.474. The van der Waals surface area contributed by atoms with Gasteiger partial charge in [0, 0.05) is 17.4 Å². The van der Waals surface area contributed by atoms with Gasteiger partial charge < -0.3 is 13.7 Å². The molecule has 0 amide bonds. The molecule has 0 aliphatic carbocycles. The summed E-state index contributed by atoms with van der Waals surface area (Å²) in [5.74, 6) is 1.09. The van der Waals surface area contributed by atoms with Crippen LogP contribution in [0.5, 0.6) is 0 Å². The highest BCUT2D eigenvalue weighted by atomic mass is 32.2. The van der Waals surface area contributed by atoms with E-state index in [9.17, 15) is 38.9 Å². The third kappa shape index (κ3) is 12.6. The van der Waals surface area contributed by atoms with Crippen molar-refractivity contribution in [1.29, 1.82) is 0 Å². The summed E-state index contributed by atoms with van der Waals surface area (Å²) in [6.45, 7) is 36.8. The van der Waals surface area contributed by atoms with Crippen LogP contribution in [0.4, 0.5) is 0 Å². The Hall–Kier alpha value is -3.64. The van der Waals surface area contributed by atoms with Crippen LogP contribution in [0.25, 0.3) is 32.3 Å². The van der Waals surface area contributed by atoms with E-state index in [1.165, 1.54) is 0 Å². The zero-order chi connectivity index (χ0) is 52.6. The molecule has 0 atom stereocenters. The van der Waals surface area contributed by atoms with Crippen LogP contribution >= 0.6 is 0 Å². The second-order valence-electron chi connectivity index (χ2n) is 21.1. The number of benzene rings is 6. The fourth-order valence-electron chi connectivity index (χ4n) is 10.7. The van der Waals surface area contributed by atoms with E-state index in [1.807, 2.05) is 77.9 Å². The van der Waals surface area contributed by atoms with Crippen molar-refractivity contribution in [3.05, 3.63) is 123 Å². The molecule has 0 unspecified atom stereocenters. The van der Waals surface area contributed by atoms with Crippen molar-refractivity contribution in [2.24, 2.45) is 0 Å². The summed E-state index contributed by atoms with van der Waals surface area (Å²) >= 11 is 0. The highest BCUT2D eigenvalue weighted by Crippen LogP contribution is 2.46. The van der Waals surface area contributed by atoms with Crippen LogP contribution in [0.2, 0.25) is 0 Å². The van der Waals surface area contributed by atoms with Gasteiger partial charge in [0.1, 0.15) is 30.4 Å². The maximum atomic E-state index is 12.1. The molecule has 381 valence electrons. The van der Waals surface area contributed by atoms with Crippen LogP contribution < -0.4 is 0 Å². The number of fused-ring (bicyclic) bond motifs is 3. The van der Waals surface area contributed by atoms with Gasteiger partial charge in [0.05, 0.1) is 14.7 Å². The van der Waals surface area contributed by atoms with E-state index in [4.69, 9.17) is 0 Å². The predicted molar refractivity (Wildman–Crippen MR) is 288 cm³/mol. The molecule has 0 saturated carbocycles. The van der Waals surface area contributed by atoms with Crippen molar-refractivity contribution in [3.63, 3.8) is 0 Å². The Morgan fingerprint density at radius 3 is 0.529 bits per heavy atom.